The molecule has 0 spiro atoms. The number of rotatable bonds is 4. The number of hydrogen-bond donors (Lipinski definition) is 2. The van der Waals surface area contributed by atoms with E-state index in [4.69, 9.17) is 25.4 Å². The van der Waals surface area contributed by atoms with Gasteiger partial charge in [0, 0.05) is 29.1 Å². The zero-order valence-electron chi connectivity index (χ0n) is 17.3. The van der Waals surface area contributed by atoms with Gasteiger partial charge in [-0.25, -0.2) is 4.39 Å². The van der Waals surface area contributed by atoms with E-state index in [2.05, 4.69) is 4.98 Å². The lowest BCUT2D eigenvalue weighted by atomic mass is 9.85. The second kappa shape index (κ2) is 8.43. The molecule has 7 heteroatoms. The number of nitrogens with two attached hydrogens (primary N) is 1. The average molecular weight is 431 g/mol. The molecule has 32 heavy (non-hydrogen) atoms. The number of fused-ring (bicyclic) bond motifs is 2. The number of ether oxygens (including phenoxy) is 3. The normalized spacial score (nSPS) is 16.9. The molecule has 162 valence electrons. The van der Waals surface area contributed by atoms with Gasteiger partial charge in [0.05, 0.1) is 19.1 Å². The maximum Gasteiger partial charge on any atom is 0.279 e. The summed E-state index contributed by atoms with van der Waals surface area (Å²) in [6, 6.07) is 12.7. The molecule has 3 heterocycles. The van der Waals surface area contributed by atoms with Gasteiger partial charge in [-0.3, -0.25) is 10.4 Å². The Labute approximate surface area is 185 Å². The third-order valence-electron chi connectivity index (χ3n) is 5.78. The topological polar surface area (TPSA) is 90.5 Å². The van der Waals surface area contributed by atoms with Crippen LogP contribution in [0.15, 0.2) is 60.9 Å². The molecule has 1 atom stereocenters. The van der Waals surface area contributed by atoms with Gasteiger partial charge in [0.15, 0.2) is 11.6 Å². The first-order valence-electron chi connectivity index (χ1n) is 10.4. The highest BCUT2D eigenvalue weighted by molar-refractivity contribution is 5.72. The van der Waals surface area contributed by atoms with Crippen molar-refractivity contribution in [2.45, 2.75) is 12.3 Å². The van der Waals surface area contributed by atoms with Crippen LogP contribution in [-0.4, -0.2) is 30.8 Å². The lowest BCUT2D eigenvalue weighted by Crippen LogP contribution is -2.22. The van der Waals surface area contributed by atoms with Gasteiger partial charge in [0.1, 0.15) is 12.4 Å². The van der Waals surface area contributed by atoms with Crippen LogP contribution in [0.5, 0.6) is 11.5 Å². The molecule has 3 aromatic rings. The van der Waals surface area contributed by atoms with Crippen LogP contribution in [0.25, 0.3) is 16.7 Å². The van der Waals surface area contributed by atoms with Crippen LogP contribution >= 0.6 is 0 Å². The van der Waals surface area contributed by atoms with Crippen LogP contribution in [0, 0.1) is 11.2 Å². The number of amidine groups is 1. The van der Waals surface area contributed by atoms with Crippen LogP contribution in [0.1, 0.15) is 29.0 Å². The Bertz CT molecular complexity index is 1210. The number of aromatic nitrogens is 1. The summed E-state index contributed by atoms with van der Waals surface area (Å²) in [6.45, 7) is 1.22. The van der Waals surface area contributed by atoms with Crippen LogP contribution in [0.4, 0.5) is 4.39 Å². The Morgan fingerprint density at radius 1 is 1.16 bits per heavy atom. The van der Waals surface area contributed by atoms with E-state index in [-0.39, 0.29) is 24.3 Å². The summed E-state index contributed by atoms with van der Waals surface area (Å²) in [6.07, 6.45) is 6.20. The fourth-order valence-corrected chi connectivity index (χ4v) is 4.21. The van der Waals surface area contributed by atoms with Gasteiger partial charge in [-0.05, 0) is 53.5 Å². The second-order valence-electron chi connectivity index (χ2n) is 7.75. The van der Waals surface area contributed by atoms with E-state index in [1.165, 1.54) is 6.07 Å². The monoisotopic (exact) mass is 431 g/mol. The molecule has 3 N–H and O–H groups in total. The lowest BCUT2D eigenvalue weighted by molar-refractivity contribution is 0.161. The summed E-state index contributed by atoms with van der Waals surface area (Å²) in [5, 5.41) is 7.52. The van der Waals surface area contributed by atoms with Gasteiger partial charge in [0.2, 0.25) is 0 Å². The molecule has 0 radical (unpaired) electrons. The highest BCUT2D eigenvalue weighted by Gasteiger charge is 2.31. The van der Waals surface area contributed by atoms with E-state index < -0.39 is 5.82 Å². The first kappa shape index (κ1) is 20.2. The maximum absolute atomic E-state index is 15.2. The third kappa shape index (κ3) is 3.83. The maximum atomic E-state index is 15.2. The van der Waals surface area contributed by atoms with Gasteiger partial charge in [0.25, 0.3) is 6.02 Å². The molecule has 1 aromatic heterocycles. The average Bonchev–Trinajstić information content (AvgIpc) is 2.83. The smallest absolute Gasteiger partial charge is 0.279 e. The largest absolute Gasteiger partial charge is 0.465 e. The van der Waals surface area contributed by atoms with Crippen molar-refractivity contribution in [2.75, 3.05) is 19.8 Å². The molecule has 1 unspecified atom stereocenters. The molecule has 0 amide bonds. The molecule has 0 saturated carbocycles. The molecule has 6 nitrogen and oxygen atoms in total. The Hall–Kier alpha value is -3.71. The quantitative estimate of drug-likeness (QED) is 0.456. The first-order valence-corrected chi connectivity index (χ1v) is 10.4. The molecule has 2 aliphatic heterocycles. The van der Waals surface area contributed by atoms with E-state index in [1.807, 2.05) is 42.5 Å². The Morgan fingerprint density at radius 3 is 2.78 bits per heavy atom. The van der Waals surface area contributed by atoms with Crippen molar-refractivity contribution < 1.29 is 18.6 Å². The molecule has 0 bridgehead atoms. The van der Waals surface area contributed by atoms with Crippen molar-refractivity contribution >= 4 is 11.6 Å². The summed E-state index contributed by atoms with van der Waals surface area (Å²) >= 11 is 0. The molecule has 0 fully saturated rings. The van der Waals surface area contributed by atoms with Crippen LogP contribution in [-0.2, 0) is 9.47 Å². The summed E-state index contributed by atoms with van der Waals surface area (Å²) in [7, 11) is 0. The van der Waals surface area contributed by atoms with E-state index in [9.17, 15) is 0 Å². The van der Waals surface area contributed by atoms with Crippen molar-refractivity contribution in [1.29, 1.82) is 5.41 Å². The number of nitrogens with zero attached hydrogens (tertiary/aromatic N) is 1. The summed E-state index contributed by atoms with van der Waals surface area (Å²) in [4.78, 5) is 4.20. The molecule has 0 aliphatic carbocycles. The summed E-state index contributed by atoms with van der Waals surface area (Å²) in [5.74, 6) is -0.0525. The minimum atomic E-state index is -0.431. The minimum absolute atomic E-state index is 0.0975. The molecule has 2 aliphatic rings. The van der Waals surface area contributed by atoms with Crippen LogP contribution < -0.4 is 10.5 Å². The van der Waals surface area contributed by atoms with Crippen molar-refractivity contribution in [3.8, 4) is 22.6 Å². The number of pyridine rings is 1. The number of halogens is 1. The zero-order chi connectivity index (χ0) is 22.1. The second-order valence-corrected chi connectivity index (χ2v) is 7.75. The van der Waals surface area contributed by atoms with Gasteiger partial charge in [-0.1, -0.05) is 18.2 Å². The molecular formula is C25H22FN3O3. The molecule has 5 rings (SSSR count). The molecule has 0 saturated heterocycles. The van der Waals surface area contributed by atoms with E-state index >= 15 is 4.39 Å². The molecule has 2 aromatic carbocycles. The van der Waals surface area contributed by atoms with Crippen LogP contribution in [0.3, 0.4) is 0 Å². The van der Waals surface area contributed by atoms with E-state index in [0.717, 1.165) is 34.2 Å². The van der Waals surface area contributed by atoms with Crippen molar-refractivity contribution in [3.05, 3.63) is 83.4 Å². The van der Waals surface area contributed by atoms with Crippen LogP contribution in [0.2, 0.25) is 0 Å². The zero-order valence-corrected chi connectivity index (χ0v) is 17.3. The fourth-order valence-electron chi connectivity index (χ4n) is 4.21. The Kier molecular flexibility index (Phi) is 5.33. The third-order valence-corrected chi connectivity index (χ3v) is 5.78. The fraction of sp³-hybridized carbons (Fsp3) is 0.200. The predicted molar refractivity (Wildman–Crippen MR) is 119 cm³/mol. The van der Waals surface area contributed by atoms with E-state index in [1.54, 1.807) is 12.4 Å². The Balaban J connectivity index is 1.62. The highest BCUT2D eigenvalue weighted by atomic mass is 19.1. The lowest BCUT2D eigenvalue weighted by Gasteiger charge is -2.30. The minimum Gasteiger partial charge on any atom is -0.465 e. The van der Waals surface area contributed by atoms with Crippen molar-refractivity contribution in [2.24, 2.45) is 5.73 Å². The van der Waals surface area contributed by atoms with Gasteiger partial charge >= 0.3 is 0 Å². The predicted octanol–water partition coefficient (Wildman–Crippen LogP) is 4.84. The standard InChI is InChI=1S/C25H22FN3O3/c26-22-12-18(15-5-8-30-9-6-15)11-20-21(14-31-25(27)28)19-10-16(17-2-1-7-29-13-17)3-4-23(19)32-24(20)22/h1-5,7,10-13,21H,6,8-9,14H2,(H3,27,28). The van der Waals surface area contributed by atoms with Gasteiger partial charge < -0.3 is 19.9 Å². The van der Waals surface area contributed by atoms with Gasteiger partial charge in [-0.15, -0.1) is 0 Å². The summed E-state index contributed by atoms with van der Waals surface area (Å²) in [5.41, 5.74) is 10.7. The summed E-state index contributed by atoms with van der Waals surface area (Å²) < 4.78 is 32.0. The number of nitrogens with one attached hydrogen (secondary N) is 1. The molecular weight excluding hydrogens is 409 g/mol. The Morgan fingerprint density at radius 2 is 2.03 bits per heavy atom. The number of benzene rings is 2. The number of hydrogen-bond acceptors (Lipinski definition) is 5. The van der Waals surface area contributed by atoms with Gasteiger partial charge in [-0.2, -0.15) is 0 Å². The highest BCUT2D eigenvalue weighted by Crippen LogP contribution is 2.47. The van der Waals surface area contributed by atoms with E-state index in [0.29, 0.717) is 24.5 Å². The first-order chi connectivity index (χ1) is 15.6. The van der Waals surface area contributed by atoms with Crippen molar-refractivity contribution in [3.63, 3.8) is 0 Å². The SMILES string of the molecule is N=C(N)OCC1c2cc(-c3cccnc3)ccc2Oc2c(F)cc(C3=CCOCC3)cc21. The van der Waals surface area contributed by atoms with Crippen molar-refractivity contribution in [1.82, 2.24) is 4.98 Å².